The van der Waals surface area contributed by atoms with E-state index in [1.807, 2.05) is 0 Å². The molecule has 3 unspecified atom stereocenters. The van der Waals surface area contributed by atoms with Crippen molar-refractivity contribution in [2.24, 2.45) is 17.8 Å². The zero-order chi connectivity index (χ0) is 13.9. The van der Waals surface area contributed by atoms with Crippen molar-refractivity contribution in [1.82, 2.24) is 5.32 Å². The Hall–Kier alpha value is -0.820. The standard InChI is InChI=1S/C19H29N/c1-14-7-8-17(13-20-19-9-10-19)18(11-14)12-16-6-4-3-5-15(16)2/h3-6,14,17-20H,7-13H2,1-2H3. The van der Waals surface area contributed by atoms with E-state index in [0.29, 0.717) is 0 Å². The smallest absolute Gasteiger partial charge is 0.00683 e. The first-order valence-electron chi connectivity index (χ1n) is 8.50. The summed E-state index contributed by atoms with van der Waals surface area (Å²) in [5, 5.41) is 3.77. The van der Waals surface area contributed by atoms with Gasteiger partial charge in [-0.15, -0.1) is 0 Å². The van der Waals surface area contributed by atoms with Crippen molar-refractivity contribution in [3.05, 3.63) is 35.4 Å². The second kappa shape index (κ2) is 6.30. The minimum atomic E-state index is 0.855. The molecule has 0 amide bonds. The predicted molar refractivity (Wildman–Crippen MR) is 85.9 cm³/mol. The summed E-state index contributed by atoms with van der Waals surface area (Å²) in [5.41, 5.74) is 3.04. The average molecular weight is 271 g/mol. The molecule has 0 radical (unpaired) electrons. The molecule has 0 aromatic heterocycles. The summed E-state index contributed by atoms with van der Waals surface area (Å²) in [6.07, 6.45) is 8.38. The third kappa shape index (κ3) is 3.63. The van der Waals surface area contributed by atoms with Crippen molar-refractivity contribution in [3.8, 4) is 0 Å². The highest BCUT2D eigenvalue weighted by Crippen LogP contribution is 2.36. The minimum Gasteiger partial charge on any atom is -0.314 e. The van der Waals surface area contributed by atoms with E-state index in [2.05, 4.69) is 43.4 Å². The summed E-state index contributed by atoms with van der Waals surface area (Å²) in [7, 11) is 0. The summed E-state index contributed by atoms with van der Waals surface area (Å²) < 4.78 is 0. The Morgan fingerprint density at radius 1 is 1.05 bits per heavy atom. The van der Waals surface area contributed by atoms with E-state index in [0.717, 1.165) is 23.8 Å². The van der Waals surface area contributed by atoms with Gasteiger partial charge >= 0.3 is 0 Å². The number of benzene rings is 1. The van der Waals surface area contributed by atoms with Gasteiger partial charge in [0.1, 0.15) is 0 Å². The molecule has 1 N–H and O–H groups in total. The van der Waals surface area contributed by atoms with Crippen LogP contribution in [-0.2, 0) is 6.42 Å². The maximum Gasteiger partial charge on any atom is 0.00683 e. The Morgan fingerprint density at radius 2 is 1.85 bits per heavy atom. The zero-order valence-electron chi connectivity index (χ0n) is 13.1. The molecule has 3 atom stereocenters. The highest BCUT2D eigenvalue weighted by atomic mass is 14.9. The van der Waals surface area contributed by atoms with Crippen molar-refractivity contribution in [2.45, 2.75) is 58.4 Å². The van der Waals surface area contributed by atoms with Gasteiger partial charge in [0.25, 0.3) is 0 Å². The quantitative estimate of drug-likeness (QED) is 0.840. The van der Waals surface area contributed by atoms with E-state index in [4.69, 9.17) is 0 Å². The van der Waals surface area contributed by atoms with Crippen molar-refractivity contribution in [2.75, 3.05) is 6.54 Å². The van der Waals surface area contributed by atoms with Crippen LogP contribution < -0.4 is 5.32 Å². The van der Waals surface area contributed by atoms with Crippen LogP contribution in [0.3, 0.4) is 0 Å². The second-order valence-electron chi connectivity index (χ2n) is 7.25. The first-order chi connectivity index (χ1) is 9.72. The van der Waals surface area contributed by atoms with Gasteiger partial charge in [-0.3, -0.25) is 0 Å². The summed E-state index contributed by atoms with van der Waals surface area (Å²) in [5.74, 6) is 2.69. The van der Waals surface area contributed by atoms with Gasteiger partial charge in [-0.2, -0.15) is 0 Å². The molecule has 1 heteroatoms. The molecule has 20 heavy (non-hydrogen) atoms. The van der Waals surface area contributed by atoms with Crippen LogP contribution in [0.25, 0.3) is 0 Å². The van der Waals surface area contributed by atoms with Crippen molar-refractivity contribution in [3.63, 3.8) is 0 Å². The zero-order valence-corrected chi connectivity index (χ0v) is 13.1. The first-order valence-corrected chi connectivity index (χ1v) is 8.50. The molecule has 1 aromatic carbocycles. The van der Waals surface area contributed by atoms with Crippen LogP contribution in [0, 0.1) is 24.7 Å². The van der Waals surface area contributed by atoms with E-state index in [-0.39, 0.29) is 0 Å². The first kappa shape index (κ1) is 14.1. The molecule has 1 nitrogen and oxygen atoms in total. The molecule has 3 rings (SSSR count). The second-order valence-corrected chi connectivity index (χ2v) is 7.25. The number of hydrogen-bond donors (Lipinski definition) is 1. The van der Waals surface area contributed by atoms with Crippen LogP contribution in [-0.4, -0.2) is 12.6 Å². The van der Waals surface area contributed by atoms with Crippen LogP contribution in [0.15, 0.2) is 24.3 Å². The van der Waals surface area contributed by atoms with Gasteiger partial charge in [0.05, 0.1) is 0 Å². The SMILES string of the molecule is Cc1ccccc1CC1CC(C)CCC1CNC1CC1. The van der Waals surface area contributed by atoms with Crippen LogP contribution in [0.4, 0.5) is 0 Å². The maximum absolute atomic E-state index is 3.77. The van der Waals surface area contributed by atoms with Crippen LogP contribution >= 0.6 is 0 Å². The normalized spacial score (nSPS) is 30.4. The third-order valence-electron chi connectivity index (χ3n) is 5.39. The van der Waals surface area contributed by atoms with E-state index in [1.54, 1.807) is 5.56 Å². The lowest BCUT2D eigenvalue weighted by molar-refractivity contribution is 0.183. The molecule has 110 valence electrons. The topological polar surface area (TPSA) is 12.0 Å². The molecule has 2 saturated carbocycles. The molecule has 0 aliphatic heterocycles. The summed E-state index contributed by atoms with van der Waals surface area (Å²) in [4.78, 5) is 0. The van der Waals surface area contributed by atoms with E-state index in [1.165, 1.54) is 50.6 Å². The van der Waals surface area contributed by atoms with E-state index < -0.39 is 0 Å². The molecular formula is C19H29N. The molecule has 0 bridgehead atoms. The lowest BCUT2D eigenvalue weighted by atomic mass is 9.72. The average Bonchev–Trinajstić information content (AvgIpc) is 3.25. The number of aryl methyl sites for hydroxylation is 1. The maximum atomic E-state index is 3.77. The molecular weight excluding hydrogens is 242 g/mol. The largest absolute Gasteiger partial charge is 0.314 e. The number of hydrogen-bond acceptors (Lipinski definition) is 1. The highest BCUT2D eigenvalue weighted by molar-refractivity contribution is 5.26. The van der Waals surface area contributed by atoms with Gasteiger partial charge in [-0.1, -0.05) is 37.6 Å². The molecule has 2 fully saturated rings. The number of rotatable bonds is 5. The molecule has 0 heterocycles. The van der Waals surface area contributed by atoms with Gasteiger partial charge in [-0.05, 0) is 74.5 Å². The summed E-state index contributed by atoms with van der Waals surface area (Å²) in [6.45, 7) is 5.96. The predicted octanol–water partition coefficient (Wildman–Crippen LogP) is 4.34. The summed E-state index contributed by atoms with van der Waals surface area (Å²) in [6, 6.07) is 9.81. The van der Waals surface area contributed by atoms with Crippen molar-refractivity contribution < 1.29 is 0 Å². The molecule has 0 saturated heterocycles. The van der Waals surface area contributed by atoms with Gasteiger partial charge < -0.3 is 5.32 Å². The van der Waals surface area contributed by atoms with Gasteiger partial charge in [0.15, 0.2) is 0 Å². The van der Waals surface area contributed by atoms with Crippen LogP contribution in [0.2, 0.25) is 0 Å². The lowest BCUT2D eigenvalue weighted by Gasteiger charge is -2.35. The van der Waals surface area contributed by atoms with Gasteiger partial charge in [0.2, 0.25) is 0 Å². The molecule has 1 aromatic rings. The van der Waals surface area contributed by atoms with E-state index >= 15 is 0 Å². The fraction of sp³-hybridized carbons (Fsp3) is 0.684. The fourth-order valence-corrected chi connectivity index (χ4v) is 3.81. The Labute approximate surface area is 124 Å². The van der Waals surface area contributed by atoms with Gasteiger partial charge in [0, 0.05) is 6.04 Å². The monoisotopic (exact) mass is 271 g/mol. The molecule has 2 aliphatic rings. The molecule has 2 aliphatic carbocycles. The Kier molecular flexibility index (Phi) is 4.45. The lowest BCUT2D eigenvalue weighted by Crippen LogP contribution is -2.34. The van der Waals surface area contributed by atoms with Crippen molar-refractivity contribution >= 4 is 0 Å². The van der Waals surface area contributed by atoms with E-state index in [9.17, 15) is 0 Å². The van der Waals surface area contributed by atoms with Crippen LogP contribution in [0.1, 0.15) is 50.2 Å². The Bertz CT molecular complexity index is 435. The highest BCUT2D eigenvalue weighted by Gasteiger charge is 2.30. The third-order valence-corrected chi connectivity index (χ3v) is 5.39. The summed E-state index contributed by atoms with van der Waals surface area (Å²) >= 11 is 0. The fourth-order valence-electron chi connectivity index (χ4n) is 3.81. The Morgan fingerprint density at radius 3 is 2.60 bits per heavy atom. The van der Waals surface area contributed by atoms with Gasteiger partial charge in [-0.25, -0.2) is 0 Å². The van der Waals surface area contributed by atoms with Crippen LogP contribution in [0.5, 0.6) is 0 Å². The Balaban J connectivity index is 1.64. The minimum absolute atomic E-state index is 0.855. The number of nitrogens with one attached hydrogen (secondary N) is 1. The van der Waals surface area contributed by atoms with Crippen molar-refractivity contribution in [1.29, 1.82) is 0 Å². The molecule has 0 spiro atoms.